The Bertz CT molecular complexity index is 573. The Kier molecular flexibility index (Phi) is 5.51. The lowest BCUT2D eigenvalue weighted by Gasteiger charge is -2.10. The van der Waals surface area contributed by atoms with Gasteiger partial charge in [-0.15, -0.1) is 5.10 Å². The highest BCUT2D eigenvalue weighted by molar-refractivity contribution is 5.44. The lowest BCUT2D eigenvalue weighted by Crippen LogP contribution is -2.07. The number of hydrogen-bond acceptors (Lipinski definition) is 6. The highest BCUT2D eigenvalue weighted by Crippen LogP contribution is 2.15. The van der Waals surface area contributed by atoms with E-state index < -0.39 is 0 Å². The standard InChI is InChI=1S/C15H17N3O3/c1-20-14-4-2-12(3-5-14)10-16-15-13(6-8-17-18-15)7-9-21-11-19/h2-6,8,11H,7,9-10H2,1H3,(H,16,18). The smallest absolute Gasteiger partial charge is 0.293 e. The molecule has 6 nitrogen and oxygen atoms in total. The molecule has 0 saturated heterocycles. The molecule has 0 aliphatic carbocycles. The maximum Gasteiger partial charge on any atom is 0.293 e. The predicted molar refractivity (Wildman–Crippen MR) is 78.1 cm³/mol. The fourth-order valence-electron chi connectivity index (χ4n) is 1.85. The number of benzene rings is 1. The molecule has 1 heterocycles. The monoisotopic (exact) mass is 287 g/mol. The number of methoxy groups -OCH3 is 1. The Morgan fingerprint density at radius 2 is 2.05 bits per heavy atom. The van der Waals surface area contributed by atoms with Crippen LogP contribution in [0.15, 0.2) is 36.5 Å². The SMILES string of the molecule is COc1ccc(CNc2nnccc2CCOC=O)cc1. The van der Waals surface area contributed by atoms with Crippen molar-refractivity contribution in [2.24, 2.45) is 0 Å². The van der Waals surface area contributed by atoms with Crippen LogP contribution in [-0.2, 0) is 22.5 Å². The van der Waals surface area contributed by atoms with Crippen molar-refractivity contribution in [1.82, 2.24) is 10.2 Å². The molecule has 0 radical (unpaired) electrons. The van der Waals surface area contributed by atoms with Gasteiger partial charge in [0.1, 0.15) is 5.75 Å². The first-order chi connectivity index (χ1) is 10.3. The summed E-state index contributed by atoms with van der Waals surface area (Å²) in [6, 6.07) is 9.64. The van der Waals surface area contributed by atoms with Gasteiger partial charge in [0, 0.05) is 18.5 Å². The molecule has 2 rings (SSSR count). The van der Waals surface area contributed by atoms with Gasteiger partial charge in [-0.05, 0) is 23.8 Å². The molecule has 6 heteroatoms. The fraction of sp³-hybridized carbons (Fsp3) is 0.267. The predicted octanol–water partition coefficient (Wildman–Crippen LogP) is 1.81. The number of carbonyl (C=O) groups is 1. The Labute approximate surface area is 123 Å². The van der Waals surface area contributed by atoms with E-state index >= 15 is 0 Å². The largest absolute Gasteiger partial charge is 0.497 e. The average molecular weight is 287 g/mol. The number of hydrogen-bond donors (Lipinski definition) is 1. The van der Waals surface area contributed by atoms with Gasteiger partial charge in [-0.2, -0.15) is 5.10 Å². The molecule has 0 bridgehead atoms. The molecule has 0 fully saturated rings. The lowest BCUT2D eigenvalue weighted by atomic mass is 10.2. The van der Waals surface area contributed by atoms with Gasteiger partial charge in [0.15, 0.2) is 5.82 Å². The Morgan fingerprint density at radius 1 is 1.24 bits per heavy atom. The minimum Gasteiger partial charge on any atom is -0.497 e. The number of carbonyl (C=O) groups excluding carboxylic acids is 1. The molecule has 1 aromatic carbocycles. The van der Waals surface area contributed by atoms with Crippen LogP contribution in [0, 0.1) is 0 Å². The van der Waals surface area contributed by atoms with Crippen LogP contribution < -0.4 is 10.1 Å². The summed E-state index contributed by atoms with van der Waals surface area (Å²) < 4.78 is 9.83. The van der Waals surface area contributed by atoms with E-state index in [2.05, 4.69) is 15.5 Å². The van der Waals surface area contributed by atoms with Gasteiger partial charge in [-0.3, -0.25) is 4.79 Å². The zero-order chi connectivity index (χ0) is 14.9. The quantitative estimate of drug-likeness (QED) is 0.589. The number of ether oxygens (including phenoxy) is 2. The van der Waals surface area contributed by atoms with Crippen molar-refractivity contribution < 1.29 is 14.3 Å². The third-order valence-electron chi connectivity index (χ3n) is 2.98. The van der Waals surface area contributed by atoms with Crippen molar-refractivity contribution in [3.8, 4) is 5.75 Å². The summed E-state index contributed by atoms with van der Waals surface area (Å²) in [6.45, 7) is 1.40. The normalized spacial score (nSPS) is 9.95. The number of aromatic nitrogens is 2. The fourth-order valence-corrected chi connectivity index (χ4v) is 1.85. The van der Waals surface area contributed by atoms with E-state index in [4.69, 9.17) is 9.47 Å². The molecule has 1 N–H and O–H groups in total. The molecule has 21 heavy (non-hydrogen) atoms. The molecule has 2 aromatic rings. The molecule has 0 amide bonds. The van der Waals surface area contributed by atoms with Crippen molar-refractivity contribution in [2.75, 3.05) is 19.0 Å². The van der Waals surface area contributed by atoms with Crippen LogP contribution in [0.25, 0.3) is 0 Å². The van der Waals surface area contributed by atoms with E-state index in [0.717, 1.165) is 16.9 Å². The molecule has 110 valence electrons. The third-order valence-corrected chi connectivity index (χ3v) is 2.98. The highest BCUT2D eigenvalue weighted by Gasteiger charge is 2.04. The van der Waals surface area contributed by atoms with Crippen LogP contribution in [-0.4, -0.2) is 30.4 Å². The van der Waals surface area contributed by atoms with Crippen LogP contribution in [0.4, 0.5) is 5.82 Å². The second-order valence-corrected chi connectivity index (χ2v) is 4.32. The summed E-state index contributed by atoms with van der Waals surface area (Å²) in [4.78, 5) is 10.2. The molecular weight excluding hydrogens is 270 g/mol. The lowest BCUT2D eigenvalue weighted by molar-refractivity contribution is -0.128. The first-order valence-electron chi connectivity index (χ1n) is 6.56. The third kappa shape index (κ3) is 4.45. The van der Waals surface area contributed by atoms with E-state index in [0.29, 0.717) is 31.9 Å². The Hall–Kier alpha value is -2.63. The van der Waals surface area contributed by atoms with Crippen LogP contribution in [0.5, 0.6) is 5.75 Å². The van der Waals surface area contributed by atoms with Gasteiger partial charge in [0.05, 0.1) is 19.9 Å². The van der Waals surface area contributed by atoms with Crippen molar-refractivity contribution in [2.45, 2.75) is 13.0 Å². The summed E-state index contributed by atoms with van der Waals surface area (Å²) in [5.74, 6) is 1.52. The maximum absolute atomic E-state index is 10.2. The molecule has 0 aliphatic heterocycles. The van der Waals surface area contributed by atoms with Gasteiger partial charge in [-0.25, -0.2) is 0 Å². The van der Waals surface area contributed by atoms with Gasteiger partial charge in [0.2, 0.25) is 0 Å². The first kappa shape index (κ1) is 14.8. The van der Waals surface area contributed by atoms with Gasteiger partial charge < -0.3 is 14.8 Å². The van der Waals surface area contributed by atoms with Crippen molar-refractivity contribution >= 4 is 12.3 Å². The number of anilines is 1. The highest BCUT2D eigenvalue weighted by atomic mass is 16.5. The molecule has 0 unspecified atom stereocenters. The number of rotatable bonds is 8. The first-order valence-corrected chi connectivity index (χ1v) is 6.56. The minimum atomic E-state index is 0.326. The van der Waals surface area contributed by atoms with E-state index in [1.54, 1.807) is 13.3 Å². The van der Waals surface area contributed by atoms with E-state index in [1.807, 2.05) is 30.3 Å². The van der Waals surface area contributed by atoms with Gasteiger partial charge >= 0.3 is 0 Å². The summed E-state index contributed by atoms with van der Waals surface area (Å²) in [7, 11) is 1.64. The average Bonchev–Trinajstić information content (AvgIpc) is 2.54. The summed E-state index contributed by atoms with van der Waals surface area (Å²) in [5.41, 5.74) is 2.07. The Morgan fingerprint density at radius 3 is 2.76 bits per heavy atom. The van der Waals surface area contributed by atoms with Crippen LogP contribution in [0.1, 0.15) is 11.1 Å². The van der Waals surface area contributed by atoms with Crippen LogP contribution >= 0.6 is 0 Å². The topological polar surface area (TPSA) is 73.3 Å². The molecule has 0 atom stereocenters. The zero-order valence-corrected chi connectivity index (χ0v) is 11.8. The van der Waals surface area contributed by atoms with Crippen molar-refractivity contribution in [1.29, 1.82) is 0 Å². The van der Waals surface area contributed by atoms with E-state index in [1.165, 1.54) is 0 Å². The second kappa shape index (κ2) is 7.84. The Balaban J connectivity index is 1.96. The molecule has 0 saturated carbocycles. The number of nitrogens with one attached hydrogen (secondary N) is 1. The summed E-state index contributed by atoms with van der Waals surface area (Å²) in [6.07, 6.45) is 2.22. The molecule has 0 aliphatic rings. The molecule has 0 spiro atoms. The summed E-state index contributed by atoms with van der Waals surface area (Å²) >= 11 is 0. The zero-order valence-electron chi connectivity index (χ0n) is 11.8. The maximum atomic E-state index is 10.2. The van der Waals surface area contributed by atoms with Crippen molar-refractivity contribution in [3.05, 3.63) is 47.7 Å². The van der Waals surface area contributed by atoms with Crippen LogP contribution in [0.3, 0.4) is 0 Å². The molecular formula is C15H17N3O3. The molecule has 1 aromatic heterocycles. The minimum absolute atomic E-state index is 0.326. The van der Waals surface area contributed by atoms with Gasteiger partial charge in [-0.1, -0.05) is 12.1 Å². The second-order valence-electron chi connectivity index (χ2n) is 4.32. The van der Waals surface area contributed by atoms with Crippen LogP contribution in [0.2, 0.25) is 0 Å². The van der Waals surface area contributed by atoms with Gasteiger partial charge in [0.25, 0.3) is 6.47 Å². The van der Waals surface area contributed by atoms with E-state index in [-0.39, 0.29) is 0 Å². The van der Waals surface area contributed by atoms with E-state index in [9.17, 15) is 4.79 Å². The summed E-state index contributed by atoms with van der Waals surface area (Å²) in [5, 5.41) is 11.2. The number of nitrogens with zero attached hydrogens (tertiary/aromatic N) is 2. The van der Waals surface area contributed by atoms with Crippen molar-refractivity contribution in [3.63, 3.8) is 0 Å².